The Morgan fingerprint density at radius 3 is 2.55 bits per heavy atom. The molecule has 1 aromatic rings. The van der Waals surface area contributed by atoms with Crippen molar-refractivity contribution >= 4 is 11.9 Å². The molecule has 0 aromatic heterocycles. The van der Waals surface area contributed by atoms with Crippen molar-refractivity contribution in [2.75, 3.05) is 7.05 Å². The number of benzene rings is 1. The first kappa shape index (κ1) is 16.5. The molecule has 1 heterocycles. The number of nitrogens with two attached hydrogens (primary N) is 1. The van der Waals surface area contributed by atoms with E-state index in [1.54, 1.807) is 33.9 Å². The predicted octanol–water partition coefficient (Wildman–Crippen LogP) is 2.81. The highest BCUT2D eigenvalue weighted by atomic mass is 19.1. The van der Waals surface area contributed by atoms with Crippen molar-refractivity contribution in [1.29, 1.82) is 0 Å². The molecule has 1 aromatic carbocycles. The van der Waals surface area contributed by atoms with E-state index in [9.17, 15) is 9.18 Å². The molecule has 0 saturated carbocycles. The topological polar surface area (TPSA) is 58.7 Å². The van der Waals surface area contributed by atoms with Crippen LogP contribution in [0.1, 0.15) is 45.2 Å². The Morgan fingerprint density at radius 1 is 1.32 bits per heavy atom. The van der Waals surface area contributed by atoms with Gasteiger partial charge in [-0.25, -0.2) is 9.38 Å². The van der Waals surface area contributed by atoms with E-state index in [0.717, 1.165) is 18.4 Å². The van der Waals surface area contributed by atoms with Crippen LogP contribution >= 0.6 is 0 Å². The minimum Gasteiger partial charge on any atom is -0.369 e. The summed E-state index contributed by atoms with van der Waals surface area (Å²) in [6.45, 7) is 7.42. The fourth-order valence-electron chi connectivity index (χ4n) is 2.96. The summed E-state index contributed by atoms with van der Waals surface area (Å²) in [4.78, 5) is 18.4. The van der Waals surface area contributed by atoms with Crippen LogP contribution in [0.25, 0.3) is 0 Å². The van der Waals surface area contributed by atoms with E-state index in [2.05, 4.69) is 11.9 Å². The van der Waals surface area contributed by atoms with Crippen LogP contribution in [0, 0.1) is 11.2 Å². The number of hydrogen-bond acceptors (Lipinski definition) is 3. The highest BCUT2D eigenvalue weighted by molar-refractivity contribution is 6.01. The van der Waals surface area contributed by atoms with E-state index < -0.39 is 11.0 Å². The third-order valence-electron chi connectivity index (χ3n) is 4.83. The number of halogens is 1. The highest BCUT2D eigenvalue weighted by Crippen LogP contribution is 2.47. The minimum absolute atomic E-state index is 0.118. The SMILES string of the molecule is CCCc1ccc(F)c([C@@]2(C)N=C(N)N(C)C(=O)C2(C)C)c1. The third-order valence-corrected chi connectivity index (χ3v) is 4.83. The lowest BCUT2D eigenvalue weighted by Gasteiger charge is -2.46. The normalized spacial score (nSPS) is 24.4. The summed E-state index contributed by atoms with van der Waals surface area (Å²) < 4.78 is 14.5. The van der Waals surface area contributed by atoms with Crippen LogP contribution in [0.4, 0.5) is 4.39 Å². The lowest BCUT2D eigenvalue weighted by molar-refractivity contribution is -0.140. The first-order chi connectivity index (χ1) is 10.1. The number of hydrogen-bond donors (Lipinski definition) is 1. The molecule has 1 aliphatic heterocycles. The Morgan fingerprint density at radius 2 is 1.95 bits per heavy atom. The van der Waals surface area contributed by atoms with Gasteiger partial charge in [-0.3, -0.25) is 9.69 Å². The number of nitrogens with zero attached hydrogens (tertiary/aromatic N) is 2. The van der Waals surface area contributed by atoms with E-state index in [1.165, 1.54) is 11.0 Å². The largest absolute Gasteiger partial charge is 0.369 e. The van der Waals surface area contributed by atoms with Crippen LogP contribution in [0.3, 0.4) is 0 Å². The molecule has 5 heteroatoms. The summed E-state index contributed by atoms with van der Waals surface area (Å²) in [6.07, 6.45) is 1.83. The Labute approximate surface area is 131 Å². The van der Waals surface area contributed by atoms with Gasteiger partial charge < -0.3 is 5.73 Å². The summed E-state index contributed by atoms with van der Waals surface area (Å²) in [5.74, 6) is -0.403. The van der Waals surface area contributed by atoms with Crippen molar-refractivity contribution in [2.24, 2.45) is 16.1 Å². The first-order valence-corrected chi connectivity index (χ1v) is 7.57. The van der Waals surface area contributed by atoms with Gasteiger partial charge in [-0.05, 0) is 38.8 Å². The summed E-state index contributed by atoms with van der Waals surface area (Å²) in [6, 6.07) is 5.05. The monoisotopic (exact) mass is 305 g/mol. The van der Waals surface area contributed by atoms with Crippen LogP contribution in [0.2, 0.25) is 0 Å². The Kier molecular flexibility index (Phi) is 4.02. The molecule has 0 radical (unpaired) electrons. The molecule has 22 heavy (non-hydrogen) atoms. The van der Waals surface area contributed by atoms with Gasteiger partial charge in [0, 0.05) is 12.6 Å². The van der Waals surface area contributed by atoms with Gasteiger partial charge in [-0.15, -0.1) is 0 Å². The van der Waals surface area contributed by atoms with Crippen LogP contribution in [-0.2, 0) is 16.8 Å². The summed E-state index contributed by atoms with van der Waals surface area (Å²) in [5, 5.41) is 0. The Bertz CT molecular complexity index is 639. The lowest BCUT2D eigenvalue weighted by Crippen LogP contribution is -2.58. The first-order valence-electron chi connectivity index (χ1n) is 7.57. The van der Waals surface area contributed by atoms with Gasteiger partial charge in [0.05, 0.1) is 5.41 Å². The molecule has 2 rings (SSSR count). The second-order valence-electron chi connectivity index (χ2n) is 6.60. The molecule has 1 amide bonds. The molecule has 1 atom stereocenters. The molecule has 0 saturated heterocycles. The van der Waals surface area contributed by atoms with Gasteiger partial charge in [0.1, 0.15) is 11.4 Å². The van der Waals surface area contributed by atoms with Crippen molar-refractivity contribution in [2.45, 2.75) is 46.1 Å². The molecule has 0 aliphatic carbocycles. The molecule has 0 fully saturated rings. The molecular formula is C17H24FN3O. The molecule has 0 bridgehead atoms. The number of carbonyl (C=O) groups is 1. The van der Waals surface area contributed by atoms with Crippen molar-refractivity contribution in [3.63, 3.8) is 0 Å². The lowest BCUT2D eigenvalue weighted by atomic mass is 9.67. The van der Waals surface area contributed by atoms with E-state index in [4.69, 9.17) is 5.73 Å². The second kappa shape index (κ2) is 5.38. The van der Waals surface area contributed by atoms with E-state index in [-0.39, 0.29) is 17.7 Å². The van der Waals surface area contributed by atoms with Crippen molar-refractivity contribution in [1.82, 2.24) is 4.90 Å². The van der Waals surface area contributed by atoms with Crippen LogP contribution in [-0.4, -0.2) is 23.8 Å². The maximum atomic E-state index is 14.5. The van der Waals surface area contributed by atoms with Gasteiger partial charge in [-0.2, -0.15) is 0 Å². The van der Waals surface area contributed by atoms with Crippen LogP contribution in [0.15, 0.2) is 23.2 Å². The smallest absolute Gasteiger partial charge is 0.237 e. The maximum Gasteiger partial charge on any atom is 0.237 e. The number of amides is 1. The third kappa shape index (κ3) is 2.28. The molecule has 1 aliphatic rings. The van der Waals surface area contributed by atoms with E-state index >= 15 is 0 Å². The Hall–Kier alpha value is -1.91. The maximum absolute atomic E-state index is 14.5. The van der Waals surface area contributed by atoms with Crippen molar-refractivity contribution in [3.05, 3.63) is 35.1 Å². The van der Waals surface area contributed by atoms with Gasteiger partial charge >= 0.3 is 0 Å². The number of rotatable bonds is 3. The summed E-state index contributed by atoms with van der Waals surface area (Å²) >= 11 is 0. The molecule has 120 valence electrons. The molecule has 2 N–H and O–H groups in total. The van der Waals surface area contributed by atoms with Gasteiger partial charge in [-0.1, -0.05) is 25.5 Å². The molecular weight excluding hydrogens is 281 g/mol. The minimum atomic E-state index is -1.03. The highest BCUT2D eigenvalue weighted by Gasteiger charge is 2.53. The van der Waals surface area contributed by atoms with E-state index in [0.29, 0.717) is 5.56 Å². The number of aryl methyl sites for hydroxylation is 1. The number of aliphatic imine (C=N–C) groups is 1. The average Bonchev–Trinajstić information content (AvgIpc) is 2.46. The quantitative estimate of drug-likeness (QED) is 0.933. The zero-order valence-electron chi connectivity index (χ0n) is 13.9. The van der Waals surface area contributed by atoms with Gasteiger partial charge in [0.25, 0.3) is 0 Å². The van der Waals surface area contributed by atoms with Crippen LogP contribution < -0.4 is 5.73 Å². The van der Waals surface area contributed by atoms with Crippen molar-refractivity contribution < 1.29 is 9.18 Å². The predicted molar refractivity (Wildman–Crippen MR) is 85.9 cm³/mol. The zero-order valence-corrected chi connectivity index (χ0v) is 13.9. The second-order valence-corrected chi connectivity index (χ2v) is 6.60. The van der Waals surface area contributed by atoms with Crippen LogP contribution in [0.5, 0.6) is 0 Å². The number of carbonyl (C=O) groups excluding carboxylic acids is 1. The fraction of sp³-hybridized carbons (Fsp3) is 0.529. The van der Waals surface area contributed by atoms with E-state index in [1.807, 2.05) is 6.07 Å². The molecule has 4 nitrogen and oxygen atoms in total. The zero-order chi connectivity index (χ0) is 16.7. The Balaban J connectivity index is 2.67. The standard InChI is InChI=1S/C17H24FN3O/c1-6-7-11-8-9-13(18)12(10-11)17(4)16(2,3)14(22)21(5)15(19)20-17/h8-10H,6-7H2,1-5H3,(H2,19,20)/t17-/m1/s1. The van der Waals surface area contributed by atoms with Crippen molar-refractivity contribution in [3.8, 4) is 0 Å². The summed E-state index contributed by atoms with van der Waals surface area (Å²) in [5.41, 5.74) is 5.42. The average molecular weight is 305 g/mol. The molecule has 0 unspecified atom stereocenters. The van der Waals surface area contributed by atoms with Gasteiger partial charge in [0.15, 0.2) is 5.96 Å². The van der Waals surface area contributed by atoms with Gasteiger partial charge in [0.2, 0.25) is 5.91 Å². The summed E-state index contributed by atoms with van der Waals surface area (Å²) in [7, 11) is 1.59. The molecule has 0 spiro atoms. The number of guanidine groups is 1. The fourth-order valence-corrected chi connectivity index (χ4v) is 2.96.